The van der Waals surface area contributed by atoms with Gasteiger partial charge in [0, 0.05) is 37.5 Å². The van der Waals surface area contributed by atoms with Crippen molar-refractivity contribution in [2.24, 2.45) is 0 Å². The maximum absolute atomic E-state index is 12.7. The molecule has 2 aliphatic heterocycles. The number of piperidine rings is 1. The maximum Gasteiger partial charge on any atom is 0.248 e. The van der Waals surface area contributed by atoms with Crippen molar-refractivity contribution in [3.05, 3.63) is 72.2 Å². The Morgan fingerprint density at radius 1 is 1.13 bits per heavy atom. The van der Waals surface area contributed by atoms with Gasteiger partial charge in [0.2, 0.25) is 5.91 Å². The van der Waals surface area contributed by atoms with Crippen LogP contribution < -0.4 is 0 Å². The number of amides is 1. The van der Waals surface area contributed by atoms with E-state index in [1.54, 1.807) is 0 Å². The zero-order valence-corrected chi connectivity index (χ0v) is 17.8. The zero-order valence-electron chi connectivity index (χ0n) is 17.8. The monoisotopic (exact) mass is 419 g/mol. The lowest BCUT2D eigenvalue weighted by atomic mass is 9.70. The van der Waals surface area contributed by atoms with Gasteiger partial charge in [-0.2, -0.15) is 0 Å². The lowest BCUT2D eigenvalue weighted by Gasteiger charge is -2.41. The molecule has 1 unspecified atom stereocenters. The van der Waals surface area contributed by atoms with E-state index >= 15 is 0 Å². The van der Waals surface area contributed by atoms with Crippen LogP contribution in [0.5, 0.6) is 0 Å². The van der Waals surface area contributed by atoms with Crippen LogP contribution in [0.2, 0.25) is 0 Å². The number of nitrogens with zero attached hydrogens (tertiary/aromatic N) is 3. The minimum absolute atomic E-state index is 0.0645. The first kappa shape index (κ1) is 20.2. The van der Waals surface area contributed by atoms with Crippen molar-refractivity contribution < 1.29 is 14.3 Å². The van der Waals surface area contributed by atoms with E-state index in [1.165, 1.54) is 5.56 Å². The Morgan fingerprint density at radius 3 is 2.68 bits per heavy atom. The van der Waals surface area contributed by atoms with E-state index in [9.17, 15) is 4.79 Å². The Kier molecular flexibility index (Phi) is 5.74. The van der Waals surface area contributed by atoms with Gasteiger partial charge < -0.3 is 18.8 Å². The number of carbonyl (C=O) groups is 1. The van der Waals surface area contributed by atoms with E-state index in [1.807, 2.05) is 35.4 Å². The van der Waals surface area contributed by atoms with Crippen LogP contribution in [0.1, 0.15) is 36.9 Å². The number of rotatable bonds is 6. The highest BCUT2D eigenvalue weighted by Crippen LogP contribution is 2.41. The molecule has 2 fully saturated rings. The van der Waals surface area contributed by atoms with Crippen molar-refractivity contribution in [2.45, 2.75) is 37.2 Å². The summed E-state index contributed by atoms with van der Waals surface area (Å²) in [6.45, 7) is 2.84. The van der Waals surface area contributed by atoms with Crippen LogP contribution in [0.15, 0.2) is 60.9 Å². The molecule has 0 bridgehead atoms. The summed E-state index contributed by atoms with van der Waals surface area (Å²) < 4.78 is 13.3. The molecule has 5 rings (SSSR count). The van der Waals surface area contributed by atoms with E-state index < -0.39 is 0 Å². The van der Waals surface area contributed by atoms with E-state index in [2.05, 4.69) is 34.9 Å². The molecular weight excluding hydrogens is 390 g/mol. The van der Waals surface area contributed by atoms with Crippen LogP contribution in [0.4, 0.5) is 0 Å². The van der Waals surface area contributed by atoms with Gasteiger partial charge >= 0.3 is 0 Å². The number of carbonyl (C=O) groups excluding carboxylic acids is 1. The van der Waals surface area contributed by atoms with Gasteiger partial charge in [0.05, 0.1) is 18.4 Å². The third kappa shape index (κ3) is 4.10. The molecule has 2 aromatic heterocycles. The van der Waals surface area contributed by atoms with Crippen LogP contribution in [0.3, 0.4) is 0 Å². The third-order valence-electron chi connectivity index (χ3n) is 6.70. The second-order valence-corrected chi connectivity index (χ2v) is 8.57. The smallest absolute Gasteiger partial charge is 0.248 e. The predicted octanol–water partition coefficient (Wildman–Crippen LogP) is 3.44. The van der Waals surface area contributed by atoms with Crippen molar-refractivity contribution in [3.63, 3.8) is 0 Å². The largest absolute Gasteiger partial charge is 0.376 e. The second-order valence-electron chi connectivity index (χ2n) is 8.57. The molecule has 0 N–H and O–H groups in total. The van der Waals surface area contributed by atoms with Gasteiger partial charge in [-0.25, -0.2) is 4.98 Å². The molecule has 1 amide bonds. The van der Waals surface area contributed by atoms with Crippen molar-refractivity contribution >= 4 is 11.6 Å². The fourth-order valence-electron chi connectivity index (χ4n) is 4.90. The van der Waals surface area contributed by atoms with Gasteiger partial charge in [0.1, 0.15) is 12.3 Å². The quantitative estimate of drug-likeness (QED) is 0.614. The normalized spacial score (nSPS) is 20.9. The SMILES string of the molecule is O=C(COCC1CCCO1)N1CCC(c2ccccc2)(c2cn3ccccc3n2)CC1. The lowest BCUT2D eigenvalue weighted by molar-refractivity contribution is -0.138. The minimum atomic E-state index is -0.192. The van der Waals surface area contributed by atoms with Crippen LogP contribution in [-0.2, 0) is 19.7 Å². The molecule has 3 aromatic rings. The van der Waals surface area contributed by atoms with Gasteiger partial charge in [-0.1, -0.05) is 36.4 Å². The number of ether oxygens (including phenoxy) is 2. The van der Waals surface area contributed by atoms with Crippen LogP contribution >= 0.6 is 0 Å². The lowest BCUT2D eigenvalue weighted by Crippen LogP contribution is -2.47. The number of benzene rings is 1. The van der Waals surface area contributed by atoms with E-state index in [0.717, 1.165) is 43.6 Å². The van der Waals surface area contributed by atoms with E-state index in [0.29, 0.717) is 19.7 Å². The van der Waals surface area contributed by atoms with Gasteiger partial charge in [0.15, 0.2) is 0 Å². The molecule has 0 spiro atoms. The molecule has 6 nitrogen and oxygen atoms in total. The van der Waals surface area contributed by atoms with Crippen LogP contribution in [0, 0.1) is 0 Å². The Bertz CT molecular complexity index is 986. The van der Waals surface area contributed by atoms with Crippen LogP contribution in [0.25, 0.3) is 5.65 Å². The van der Waals surface area contributed by atoms with Crippen molar-refractivity contribution in [3.8, 4) is 0 Å². The summed E-state index contributed by atoms with van der Waals surface area (Å²) in [6.07, 6.45) is 8.13. The highest BCUT2D eigenvalue weighted by molar-refractivity contribution is 5.77. The van der Waals surface area contributed by atoms with Gasteiger partial charge in [-0.15, -0.1) is 0 Å². The molecule has 162 valence electrons. The van der Waals surface area contributed by atoms with Gasteiger partial charge in [-0.05, 0) is 43.4 Å². The highest BCUT2D eigenvalue weighted by Gasteiger charge is 2.40. The Labute approximate surface area is 182 Å². The molecule has 0 aliphatic carbocycles. The summed E-state index contributed by atoms with van der Waals surface area (Å²) in [5.41, 5.74) is 3.10. The summed E-state index contributed by atoms with van der Waals surface area (Å²) in [5.74, 6) is 0.0645. The second kappa shape index (κ2) is 8.81. The first-order chi connectivity index (χ1) is 15.2. The average molecular weight is 420 g/mol. The molecule has 0 saturated carbocycles. The van der Waals surface area contributed by atoms with Crippen molar-refractivity contribution in [2.75, 3.05) is 32.9 Å². The first-order valence-electron chi connectivity index (χ1n) is 11.2. The molecule has 2 saturated heterocycles. The van der Waals surface area contributed by atoms with Crippen molar-refractivity contribution in [1.29, 1.82) is 0 Å². The number of imidazole rings is 1. The molecule has 1 atom stereocenters. The number of aromatic nitrogens is 2. The molecule has 0 radical (unpaired) electrons. The van der Waals surface area contributed by atoms with Gasteiger partial charge in [0.25, 0.3) is 0 Å². The fourth-order valence-corrected chi connectivity index (χ4v) is 4.90. The number of pyridine rings is 1. The standard InChI is InChI=1S/C25H29N3O3/c29-24(19-30-18-21-9-6-16-31-21)27-14-11-25(12-15-27,20-7-2-1-3-8-20)22-17-28-13-5-4-10-23(28)26-22/h1-5,7-8,10,13,17,21H,6,9,11-12,14-16,18-19H2. The average Bonchev–Trinajstić information content (AvgIpc) is 3.50. The number of hydrogen-bond acceptors (Lipinski definition) is 4. The molecule has 31 heavy (non-hydrogen) atoms. The minimum Gasteiger partial charge on any atom is -0.376 e. The summed E-state index contributed by atoms with van der Waals surface area (Å²) in [4.78, 5) is 19.6. The molecular formula is C25H29N3O3. The fraction of sp³-hybridized carbons (Fsp3) is 0.440. The number of hydrogen-bond donors (Lipinski definition) is 0. The number of likely N-dealkylation sites (tertiary alicyclic amines) is 1. The van der Waals surface area contributed by atoms with E-state index in [-0.39, 0.29) is 24.0 Å². The summed E-state index contributed by atoms with van der Waals surface area (Å²) in [5, 5.41) is 0. The zero-order chi connectivity index (χ0) is 21.1. The maximum atomic E-state index is 12.7. The van der Waals surface area contributed by atoms with E-state index in [4.69, 9.17) is 14.5 Å². The molecule has 1 aromatic carbocycles. The topological polar surface area (TPSA) is 56.1 Å². The summed E-state index contributed by atoms with van der Waals surface area (Å²) in [7, 11) is 0. The molecule has 4 heterocycles. The summed E-state index contributed by atoms with van der Waals surface area (Å²) >= 11 is 0. The summed E-state index contributed by atoms with van der Waals surface area (Å²) in [6, 6.07) is 16.7. The Balaban J connectivity index is 1.31. The highest BCUT2D eigenvalue weighted by atomic mass is 16.5. The third-order valence-corrected chi connectivity index (χ3v) is 6.70. The number of fused-ring (bicyclic) bond motifs is 1. The van der Waals surface area contributed by atoms with Gasteiger partial charge in [-0.3, -0.25) is 4.79 Å². The Hall–Kier alpha value is -2.70. The first-order valence-corrected chi connectivity index (χ1v) is 11.2. The molecule has 2 aliphatic rings. The van der Waals surface area contributed by atoms with Crippen molar-refractivity contribution in [1.82, 2.24) is 14.3 Å². The molecule has 6 heteroatoms. The Morgan fingerprint density at radius 2 is 1.94 bits per heavy atom. The van der Waals surface area contributed by atoms with Crippen LogP contribution in [-0.4, -0.2) is 59.2 Å². The predicted molar refractivity (Wildman–Crippen MR) is 118 cm³/mol.